The highest BCUT2D eigenvalue weighted by Crippen LogP contribution is 2.32. The lowest BCUT2D eigenvalue weighted by molar-refractivity contribution is -0.912. The van der Waals surface area contributed by atoms with Gasteiger partial charge in [0.2, 0.25) is 0 Å². The molecule has 1 aliphatic rings. The summed E-state index contributed by atoms with van der Waals surface area (Å²) in [7, 11) is 0. The number of quaternary nitrogens is 1. The first kappa shape index (κ1) is 21.6. The van der Waals surface area contributed by atoms with Crippen molar-refractivity contribution in [3.8, 4) is 11.5 Å². The molecular formula is C19H31ClN2O3. The van der Waals surface area contributed by atoms with Crippen LogP contribution >= 0.6 is 0 Å². The van der Waals surface area contributed by atoms with E-state index < -0.39 is 0 Å². The summed E-state index contributed by atoms with van der Waals surface area (Å²) in [6, 6.07) is 5.60. The van der Waals surface area contributed by atoms with Gasteiger partial charge in [-0.25, -0.2) is 0 Å². The lowest BCUT2D eigenvalue weighted by atomic mass is 10.1. The molecule has 0 spiro atoms. The molecule has 0 saturated carbocycles. The second-order valence-electron chi connectivity index (χ2n) is 6.26. The van der Waals surface area contributed by atoms with Gasteiger partial charge in [0.25, 0.3) is 5.91 Å². The van der Waals surface area contributed by atoms with Crippen molar-refractivity contribution >= 4 is 11.6 Å². The molecule has 0 aromatic heterocycles. The van der Waals surface area contributed by atoms with E-state index in [1.165, 1.54) is 17.7 Å². The molecule has 0 saturated heterocycles. The van der Waals surface area contributed by atoms with E-state index in [1.807, 2.05) is 18.2 Å². The number of hydrogen-bond acceptors (Lipinski definition) is 3. The molecule has 6 heteroatoms. The van der Waals surface area contributed by atoms with Gasteiger partial charge in [0, 0.05) is 18.2 Å². The highest BCUT2D eigenvalue weighted by molar-refractivity contribution is 5.94. The molecule has 0 bridgehead atoms. The molecule has 5 nitrogen and oxygen atoms in total. The number of amides is 1. The Morgan fingerprint density at radius 2 is 1.80 bits per heavy atom. The van der Waals surface area contributed by atoms with Gasteiger partial charge in [0.1, 0.15) is 13.2 Å². The van der Waals surface area contributed by atoms with Crippen LogP contribution in [-0.4, -0.2) is 38.3 Å². The quantitative estimate of drug-likeness (QED) is 0.564. The topological polar surface area (TPSA) is 52.0 Å². The molecule has 1 amide bonds. The summed E-state index contributed by atoms with van der Waals surface area (Å²) in [6.45, 7) is 9.52. The Kier molecular flexibility index (Phi) is 9.68. The van der Waals surface area contributed by atoms with Crippen LogP contribution in [0.15, 0.2) is 18.2 Å². The standard InChI is InChI=1S/C19H30N2O3.ClH/c1-4-7-8-9-16(21(5-2)6-3)19(22)20-15-10-11-17-18(14-15)24-13-12-23-17;/h10-11,14,16H,4-9,12-13H2,1-3H3,(H,20,22);1H. The smallest absolute Gasteiger partial charge is 0.282 e. The van der Waals surface area contributed by atoms with E-state index in [9.17, 15) is 4.79 Å². The van der Waals surface area contributed by atoms with Crippen LogP contribution in [0.2, 0.25) is 0 Å². The second kappa shape index (κ2) is 11.2. The predicted molar refractivity (Wildman–Crippen MR) is 96.0 cm³/mol. The van der Waals surface area contributed by atoms with Crippen molar-refractivity contribution in [2.24, 2.45) is 0 Å². The number of rotatable bonds is 9. The van der Waals surface area contributed by atoms with Crippen molar-refractivity contribution in [1.82, 2.24) is 0 Å². The molecule has 0 fully saturated rings. The van der Waals surface area contributed by atoms with E-state index in [0.29, 0.717) is 19.0 Å². The van der Waals surface area contributed by atoms with Crippen LogP contribution in [0.25, 0.3) is 0 Å². The van der Waals surface area contributed by atoms with E-state index in [0.717, 1.165) is 37.4 Å². The van der Waals surface area contributed by atoms with Gasteiger partial charge < -0.3 is 32.1 Å². The molecular weight excluding hydrogens is 340 g/mol. The highest BCUT2D eigenvalue weighted by atomic mass is 35.5. The molecule has 1 aromatic rings. The van der Waals surface area contributed by atoms with Crippen LogP contribution in [0, 0.1) is 0 Å². The predicted octanol–water partition coefficient (Wildman–Crippen LogP) is -0.726. The number of benzene rings is 1. The number of fused-ring (bicyclic) bond motifs is 1. The number of nitrogens with one attached hydrogen (secondary N) is 2. The highest BCUT2D eigenvalue weighted by Gasteiger charge is 2.27. The fourth-order valence-corrected chi connectivity index (χ4v) is 3.21. The summed E-state index contributed by atoms with van der Waals surface area (Å²) in [5.74, 6) is 1.55. The molecule has 142 valence electrons. The second-order valence-corrected chi connectivity index (χ2v) is 6.26. The van der Waals surface area contributed by atoms with Crippen LogP contribution in [0.3, 0.4) is 0 Å². The van der Waals surface area contributed by atoms with Gasteiger partial charge in [-0.3, -0.25) is 4.79 Å². The maximum absolute atomic E-state index is 12.8. The van der Waals surface area contributed by atoms with Crippen molar-refractivity contribution in [2.45, 2.75) is 52.5 Å². The average molecular weight is 371 g/mol. The Labute approximate surface area is 157 Å². The summed E-state index contributed by atoms with van der Waals surface area (Å²) in [5.41, 5.74) is 0.774. The maximum Gasteiger partial charge on any atom is 0.282 e. The molecule has 1 aromatic carbocycles. The number of unbranched alkanes of at least 4 members (excludes halogenated alkanes) is 2. The van der Waals surface area contributed by atoms with Crippen LogP contribution in [0.5, 0.6) is 11.5 Å². The van der Waals surface area contributed by atoms with E-state index in [1.54, 1.807) is 0 Å². The molecule has 2 N–H and O–H groups in total. The van der Waals surface area contributed by atoms with E-state index >= 15 is 0 Å². The SMILES string of the molecule is CCCCCC(C(=O)Nc1ccc2c(c1)OCCO2)[NH+](CC)CC.[Cl-]. The van der Waals surface area contributed by atoms with Crippen molar-refractivity contribution < 1.29 is 31.6 Å². The zero-order chi connectivity index (χ0) is 17.4. The molecule has 1 unspecified atom stereocenters. The third-order valence-corrected chi connectivity index (χ3v) is 4.62. The zero-order valence-electron chi connectivity index (χ0n) is 15.6. The molecule has 0 aliphatic carbocycles. The Morgan fingerprint density at radius 3 is 2.44 bits per heavy atom. The van der Waals surface area contributed by atoms with Crippen molar-refractivity contribution in [3.05, 3.63) is 18.2 Å². The first-order valence-corrected chi connectivity index (χ1v) is 9.24. The first-order valence-electron chi connectivity index (χ1n) is 9.24. The van der Waals surface area contributed by atoms with E-state index in [4.69, 9.17) is 9.47 Å². The summed E-state index contributed by atoms with van der Waals surface area (Å²) in [6.07, 6.45) is 4.37. The van der Waals surface area contributed by atoms with Crippen LogP contribution in [0.1, 0.15) is 46.5 Å². The summed E-state index contributed by atoms with van der Waals surface area (Å²) in [4.78, 5) is 14.2. The molecule has 1 atom stereocenters. The fourth-order valence-electron chi connectivity index (χ4n) is 3.21. The largest absolute Gasteiger partial charge is 1.00 e. The molecule has 25 heavy (non-hydrogen) atoms. The number of ether oxygens (including phenoxy) is 2. The van der Waals surface area contributed by atoms with Crippen molar-refractivity contribution in [3.63, 3.8) is 0 Å². The monoisotopic (exact) mass is 370 g/mol. The van der Waals surface area contributed by atoms with Crippen molar-refractivity contribution in [2.75, 3.05) is 31.6 Å². The van der Waals surface area contributed by atoms with Crippen LogP contribution < -0.4 is 32.1 Å². The van der Waals surface area contributed by atoms with Gasteiger partial charge in [-0.2, -0.15) is 0 Å². The Morgan fingerprint density at radius 1 is 1.12 bits per heavy atom. The zero-order valence-corrected chi connectivity index (χ0v) is 16.3. The van der Waals surface area contributed by atoms with Gasteiger partial charge >= 0.3 is 0 Å². The normalized spacial score (nSPS) is 13.9. The lowest BCUT2D eigenvalue weighted by Crippen LogP contribution is -3.16. The van der Waals surface area contributed by atoms with Gasteiger partial charge in [-0.1, -0.05) is 19.8 Å². The number of halogens is 1. The summed E-state index contributed by atoms with van der Waals surface area (Å²) >= 11 is 0. The minimum Gasteiger partial charge on any atom is -1.00 e. The van der Waals surface area contributed by atoms with Gasteiger partial charge in [0.05, 0.1) is 13.1 Å². The Hall–Kier alpha value is -1.46. The summed E-state index contributed by atoms with van der Waals surface area (Å²) in [5, 5.41) is 3.07. The number of hydrogen-bond donors (Lipinski definition) is 2. The third kappa shape index (κ3) is 6.08. The number of carbonyl (C=O) groups excluding carboxylic acids is 1. The lowest BCUT2D eigenvalue weighted by Gasteiger charge is -2.26. The Balaban J connectivity index is 0.00000312. The van der Waals surface area contributed by atoms with Gasteiger partial charge in [-0.15, -0.1) is 0 Å². The molecule has 0 radical (unpaired) electrons. The molecule has 1 heterocycles. The average Bonchev–Trinajstić information content (AvgIpc) is 2.61. The number of likely N-dealkylation sites (N-methyl/N-ethyl adjacent to an activating group) is 1. The number of carbonyl (C=O) groups is 1. The summed E-state index contributed by atoms with van der Waals surface area (Å²) < 4.78 is 11.1. The first-order chi connectivity index (χ1) is 11.7. The number of anilines is 1. The van der Waals surface area contributed by atoms with Gasteiger partial charge in [0.15, 0.2) is 17.5 Å². The van der Waals surface area contributed by atoms with Crippen LogP contribution in [0.4, 0.5) is 5.69 Å². The van der Waals surface area contributed by atoms with Crippen molar-refractivity contribution in [1.29, 1.82) is 0 Å². The third-order valence-electron chi connectivity index (χ3n) is 4.62. The molecule has 1 aliphatic heterocycles. The minimum absolute atomic E-state index is 0. The minimum atomic E-state index is -0.000231. The van der Waals surface area contributed by atoms with Gasteiger partial charge in [-0.05, 0) is 32.4 Å². The Bertz CT molecular complexity index is 535. The van der Waals surface area contributed by atoms with Crippen LogP contribution in [-0.2, 0) is 4.79 Å². The maximum atomic E-state index is 12.8. The molecule has 2 rings (SSSR count). The fraction of sp³-hybridized carbons (Fsp3) is 0.632. The van der Waals surface area contributed by atoms with E-state index in [-0.39, 0.29) is 24.4 Å². The van der Waals surface area contributed by atoms with E-state index in [2.05, 4.69) is 26.1 Å².